The number of aryl methyl sites for hydroxylation is 1. The molecule has 1 unspecified atom stereocenters. The molecule has 0 spiro atoms. The SMILES string of the molecule is Cc1ccc(-c2nc(C(N)C(C)(C)C)no2)cn1. The molecule has 0 amide bonds. The molecule has 5 heteroatoms. The second kappa shape index (κ2) is 4.49. The minimum absolute atomic E-state index is 0.104. The smallest absolute Gasteiger partial charge is 0.259 e. The van der Waals surface area contributed by atoms with Gasteiger partial charge < -0.3 is 10.3 Å². The van der Waals surface area contributed by atoms with E-state index in [4.69, 9.17) is 10.3 Å². The predicted octanol–water partition coefficient (Wildman–Crippen LogP) is 2.49. The van der Waals surface area contributed by atoms with Crippen molar-refractivity contribution < 1.29 is 4.52 Å². The summed E-state index contributed by atoms with van der Waals surface area (Å²) in [5.41, 5.74) is 7.74. The Morgan fingerprint density at radius 3 is 2.56 bits per heavy atom. The highest BCUT2D eigenvalue weighted by Crippen LogP contribution is 2.29. The van der Waals surface area contributed by atoms with E-state index in [9.17, 15) is 0 Å². The van der Waals surface area contributed by atoms with E-state index in [-0.39, 0.29) is 11.5 Å². The Morgan fingerprint density at radius 1 is 1.28 bits per heavy atom. The molecule has 0 aliphatic heterocycles. The van der Waals surface area contributed by atoms with E-state index < -0.39 is 0 Å². The van der Waals surface area contributed by atoms with Gasteiger partial charge >= 0.3 is 0 Å². The molecule has 96 valence electrons. The van der Waals surface area contributed by atoms with E-state index in [1.54, 1.807) is 6.20 Å². The maximum atomic E-state index is 6.09. The minimum atomic E-state index is -0.256. The van der Waals surface area contributed by atoms with Crippen LogP contribution in [0, 0.1) is 12.3 Å². The van der Waals surface area contributed by atoms with Crippen LogP contribution in [0.3, 0.4) is 0 Å². The molecular weight excluding hydrogens is 228 g/mol. The van der Waals surface area contributed by atoms with Gasteiger partial charge in [0.15, 0.2) is 5.82 Å². The fourth-order valence-electron chi connectivity index (χ4n) is 1.46. The standard InChI is InChI=1S/C13H18N4O/c1-8-5-6-9(7-15-8)12-16-11(17-18-12)10(14)13(2,3)4/h5-7,10H,14H2,1-4H3. The topological polar surface area (TPSA) is 77.8 Å². The van der Waals surface area contributed by atoms with Gasteiger partial charge in [-0.25, -0.2) is 0 Å². The van der Waals surface area contributed by atoms with Crippen molar-refractivity contribution in [3.63, 3.8) is 0 Å². The second-order valence-electron chi connectivity index (χ2n) is 5.49. The molecule has 0 saturated carbocycles. The highest BCUT2D eigenvalue weighted by atomic mass is 16.5. The Morgan fingerprint density at radius 2 is 2.00 bits per heavy atom. The average molecular weight is 246 g/mol. The first-order valence-corrected chi connectivity index (χ1v) is 5.90. The summed E-state index contributed by atoms with van der Waals surface area (Å²) < 4.78 is 5.23. The molecule has 1 atom stereocenters. The van der Waals surface area contributed by atoms with Crippen molar-refractivity contribution in [2.45, 2.75) is 33.7 Å². The van der Waals surface area contributed by atoms with Gasteiger partial charge in [-0.1, -0.05) is 25.9 Å². The summed E-state index contributed by atoms with van der Waals surface area (Å²) in [6.07, 6.45) is 1.72. The summed E-state index contributed by atoms with van der Waals surface area (Å²) in [5, 5.41) is 3.94. The largest absolute Gasteiger partial charge is 0.334 e. The van der Waals surface area contributed by atoms with Crippen LogP contribution in [0.1, 0.15) is 38.3 Å². The zero-order valence-electron chi connectivity index (χ0n) is 11.1. The fourth-order valence-corrected chi connectivity index (χ4v) is 1.46. The van der Waals surface area contributed by atoms with E-state index in [0.717, 1.165) is 11.3 Å². The van der Waals surface area contributed by atoms with E-state index in [2.05, 4.69) is 15.1 Å². The van der Waals surface area contributed by atoms with Gasteiger partial charge in [-0.2, -0.15) is 4.98 Å². The number of pyridine rings is 1. The molecule has 0 fully saturated rings. The third-order valence-corrected chi connectivity index (χ3v) is 2.81. The highest BCUT2D eigenvalue weighted by molar-refractivity contribution is 5.50. The van der Waals surface area contributed by atoms with E-state index >= 15 is 0 Å². The average Bonchev–Trinajstić information content (AvgIpc) is 2.77. The minimum Gasteiger partial charge on any atom is -0.334 e. The predicted molar refractivity (Wildman–Crippen MR) is 68.6 cm³/mol. The Labute approximate surface area is 106 Å². The third-order valence-electron chi connectivity index (χ3n) is 2.81. The molecule has 18 heavy (non-hydrogen) atoms. The maximum Gasteiger partial charge on any atom is 0.259 e. The molecule has 0 saturated heterocycles. The van der Waals surface area contributed by atoms with Gasteiger partial charge in [-0.05, 0) is 24.5 Å². The summed E-state index contributed by atoms with van der Waals surface area (Å²) in [6.45, 7) is 8.06. The van der Waals surface area contributed by atoms with Gasteiger partial charge in [-0.3, -0.25) is 4.98 Å². The lowest BCUT2D eigenvalue weighted by Gasteiger charge is -2.23. The lowest BCUT2D eigenvalue weighted by atomic mass is 9.87. The summed E-state index contributed by atoms with van der Waals surface area (Å²) in [7, 11) is 0. The first-order valence-electron chi connectivity index (χ1n) is 5.90. The Balaban J connectivity index is 2.28. The van der Waals surface area contributed by atoms with Crippen molar-refractivity contribution in [3.05, 3.63) is 29.8 Å². The van der Waals surface area contributed by atoms with E-state index in [1.165, 1.54) is 0 Å². The van der Waals surface area contributed by atoms with Crippen LogP contribution in [-0.2, 0) is 0 Å². The van der Waals surface area contributed by atoms with Crippen LogP contribution in [0.5, 0.6) is 0 Å². The van der Waals surface area contributed by atoms with Gasteiger partial charge in [0, 0.05) is 11.9 Å². The number of nitrogens with zero attached hydrogens (tertiary/aromatic N) is 3. The first kappa shape index (κ1) is 12.7. The number of nitrogens with two attached hydrogens (primary N) is 1. The van der Waals surface area contributed by atoms with Crippen molar-refractivity contribution in [2.75, 3.05) is 0 Å². The number of rotatable bonds is 2. The fraction of sp³-hybridized carbons (Fsp3) is 0.462. The molecular formula is C13H18N4O. The monoisotopic (exact) mass is 246 g/mol. The van der Waals surface area contributed by atoms with E-state index in [1.807, 2.05) is 39.8 Å². The molecule has 2 rings (SSSR count). The van der Waals surface area contributed by atoms with Crippen LogP contribution in [-0.4, -0.2) is 15.1 Å². The highest BCUT2D eigenvalue weighted by Gasteiger charge is 2.27. The summed E-state index contributed by atoms with van der Waals surface area (Å²) in [5.74, 6) is 0.982. The molecule has 0 aliphatic rings. The summed E-state index contributed by atoms with van der Waals surface area (Å²) in [4.78, 5) is 8.53. The quantitative estimate of drug-likeness (QED) is 0.880. The van der Waals surface area contributed by atoms with Gasteiger partial charge in [0.2, 0.25) is 0 Å². The third kappa shape index (κ3) is 2.56. The van der Waals surface area contributed by atoms with Crippen LogP contribution in [0.25, 0.3) is 11.5 Å². The van der Waals surface area contributed by atoms with Gasteiger partial charge in [-0.15, -0.1) is 0 Å². The first-order chi connectivity index (χ1) is 8.38. The van der Waals surface area contributed by atoms with Crippen molar-refractivity contribution in [3.8, 4) is 11.5 Å². The number of hydrogen-bond acceptors (Lipinski definition) is 5. The van der Waals surface area contributed by atoms with Crippen molar-refractivity contribution in [1.82, 2.24) is 15.1 Å². The molecule has 0 aromatic carbocycles. The second-order valence-corrected chi connectivity index (χ2v) is 5.49. The number of aromatic nitrogens is 3. The Kier molecular flexibility index (Phi) is 3.17. The molecule has 2 aromatic rings. The maximum absolute atomic E-state index is 6.09. The van der Waals surface area contributed by atoms with Crippen molar-refractivity contribution in [1.29, 1.82) is 0 Å². The Bertz CT molecular complexity index is 525. The molecule has 0 radical (unpaired) electrons. The van der Waals surface area contributed by atoms with Crippen LogP contribution < -0.4 is 5.73 Å². The lowest BCUT2D eigenvalue weighted by Crippen LogP contribution is -2.27. The Hall–Kier alpha value is -1.75. The normalized spacial score (nSPS) is 13.6. The van der Waals surface area contributed by atoms with E-state index in [0.29, 0.717) is 11.7 Å². The molecule has 2 N–H and O–H groups in total. The van der Waals surface area contributed by atoms with Crippen molar-refractivity contribution >= 4 is 0 Å². The molecule has 0 aliphatic carbocycles. The summed E-state index contributed by atoms with van der Waals surface area (Å²) >= 11 is 0. The zero-order chi connectivity index (χ0) is 13.3. The molecule has 2 aromatic heterocycles. The molecule has 0 bridgehead atoms. The van der Waals surface area contributed by atoms with Crippen LogP contribution >= 0.6 is 0 Å². The molecule has 2 heterocycles. The summed E-state index contributed by atoms with van der Waals surface area (Å²) in [6, 6.07) is 3.55. The van der Waals surface area contributed by atoms with Crippen LogP contribution in [0.15, 0.2) is 22.9 Å². The lowest BCUT2D eigenvalue weighted by molar-refractivity contribution is 0.303. The number of hydrogen-bond donors (Lipinski definition) is 1. The van der Waals surface area contributed by atoms with Crippen LogP contribution in [0.2, 0.25) is 0 Å². The van der Waals surface area contributed by atoms with Gasteiger partial charge in [0.05, 0.1) is 11.6 Å². The van der Waals surface area contributed by atoms with Crippen molar-refractivity contribution in [2.24, 2.45) is 11.1 Å². The zero-order valence-corrected chi connectivity index (χ0v) is 11.1. The molecule has 5 nitrogen and oxygen atoms in total. The van der Waals surface area contributed by atoms with Gasteiger partial charge in [0.25, 0.3) is 5.89 Å². The van der Waals surface area contributed by atoms with Crippen LogP contribution in [0.4, 0.5) is 0 Å². The van der Waals surface area contributed by atoms with Gasteiger partial charge in [0.1, 0.15) is 0 Å².